The van der Waals surface area contributed by atoms with Crippen molar-refractivity contribution in [1.82, 2.24) is 0 Å². The number of hydrogen-bond acceptors (Lipinski definition) is 6. The number of fused-ring (bicyclic) bond motifs is 14. The molecule has 6 nitrogen and oxygen atoms in total. The third-order valence-corrected chi connectivity index (χ3v) is 24.7. The predicted molar refractivity (Wildman–Crippen MR) is 447 cm³/mol. The second kappa shape index (κ2) is 22.2. The normalized spacial score (nSPS) is 14.3. The van der Waals surface area contributed by atoms with Crippen LogP contribution in [0, 0.1) is 104 Å². The third-order valence-electron chi connectivity index (χ3n) is 24.7. The van der Waals surface area contributed by atoms with E-state index in [9.17, 15) is 0 Å². The van der Waals surface area contributed by atoms with Gasteiger partial charge in [0.15, 0.2) is 0 Å². The Bertz CT molecular complexity index is 6060. The Balaban J connectivity index is 0.905. The van der Waals surface area contributed by atoms with Crippen LogP contribution in [0.3, 0.4) is 0 Å². The Labute approximate surface area is 619 Å². The first-order chi connectivity index (χ1) is 50.5. The van der Waals surface area contributed by atoms with E-state index >= 15 is 0 Å². The summed E-state index contributed by atoms with van der Waals surface area (Å²) in [5.74, 6) is 3.51. The highest BCUT2D eigenvalue weighted by Crippen LogP contribution is 2.56. The predicted octanol–water partition coefficient (Wildman–Crippen LogP) is 19.1. The average Bonchev–Trinajstić information content (AvgIpc) is 0.684. The molecular formula is C96H83B3N4O2. The number of para-hydroxylation sites is 3. The second-order valence-corrected chi connectivity index (χ2v) is 32.6. The van der Waals surface area contributed by atoms with E-state index in [2.05, 4.69) is 326 Å². The summed E-state index contributed by atoms with van der Waals surface area (Å²) in [4.78, 5) is 7.94. The molecule has 0 amide bonds. The van der Waals surface area contributed by atoms with Crippen molar-refractivity contribution in [3.05, 3.63) is 283 Å². The summed E-state index contributed by atoms with van der Waals surface area (Å²) in [6.07, 6.45) is 0. The first kappa shape index (κ1) is 63.5. The molecule has 0 radical (unpaired) electrons. The van der Waals surface area contributed by atoms with Crippen molar-refractivity contribution in [2.24, 2.45) is 0 Å². The topological polar surface area (TPSA) is 40.2 Å². The van der Waals surface area contributed by atoms with E-state index in [0.29, 0.717) is 0 Å². The van der Waals surface area contributed by atoms with Crippen LogP contribution < -0.4 is 78.7 Å². The smallest absolute Gasteiger partial charge is 0.256 e. The van der Waals surface area contributed by atoms with Gasteiger partial charge in [0.05, 0.1) is 17.1 Å². The van der Waals surface area contributed by atoms with Gasteiger partial charge < -0.3 is 29.5 Å². The Morgan fingerprint density at radius 3 is 1.20 bits per heavy atom. The summed E-state index contributed by atoms with van der Waals surface area (Å²) in [5, 5.41) is 4.25. The number of aryl methyl sites for hydroxylation is 15. The Kier molecular flexibility index (Phi) is 13.4. The van der Waals surface area contributed by atoms with Crippen molar-refractivity contribution in [3.63, 3.8) is 0 Å². The highest BCUT2D eigenvalue weighted by atomic mass is 16.5. The van der Waals surface area contributed by atoms with Crippen LogP contribution in [-0.4, -0.2) is 20.1 Å². The number of benzene rings is 13. The molecule has 13 aromatic rings. The number of ether oxygens (including phenoxy) is 2. The molecule has 0 saturated heterocycles. The first-order valence-corrected chi connectivity index (χ1v) is 37.6. The molecule has 0 fully saturated rings. The summed E-state index contributed by atoms with van der Waals surface area (Å²) in [6, 6.07) is 73.7. The van der Waals surface area contributed by atoms with Crippen molar-refractivity contribution >= 4 is 132 Å². The van der Waals surface area contributed by atoms with Gasteiger partial charge >= 0.3 is 0 Å². The number of anilines is 11. The summed E-state index contributed by atoms with van der Waals surface area (Å²) in [6.45, 7) is 38.3. The van der Waals surface area contributed by atoms with Gasteiger partial charge in [-0.1, -0.05) is 169 Å². The number of nitrogens with one attached hydrogen (secondary N) is 1. The zero-order valence-electron chi connectivity index (χ0n) is 63.3. The molecule has 7 aliphatic heterocycles. The number of nitrogens with zero attached hydrogens (tertiary/aromatic N) is 3. The van der Waals surface area contributed by atoms with Gasteiger partial charge in [0.25, 0.3) is 20.1 Å². The molecule has 13 aromatic carbocycles. The average molecular weight is 1360 g/mol. The van der Waals surface area contributed by atoms with Crippen LogP contribution in [0.4, 0.5) is 62.6 Å². The van der Waals surface area contributed by atoms with Gasteiger partial charge in [-0.3, -0.25) is 0 Å². The van der Waals surface area contributed by atoms with Crippen LogP contribution in [0.1, 0.15) is 108 Å². The number of hydrogen-bond donors (Lipinski definition) is 1. The Hall–Kier alpha value is -11.1. The molecule has 7 aliphatic rings. The Morgan fingerprint density at radius 1 is 0.276 bits per heavy atom. The third kappa shape index (κ3) is 8.94. The van der Waals surface area contributed by atoms with Crippen LogP contribution in [-0.2, 0) is 5.41 Å². The summed E-state index contributed by atoms with van der Waals surface area (Å²) >= 11 is 0. The maximum absolute atomic E-state index is 7.92. The largest absolute Gasteiger partial charge is 0.458 e. The molecular weight excluding hydrogens is 1270 g/mol. The molecule has 0 unspecified atom stereocenters. The lowest BCUT2D eigenvalue weighted by atomic mass is 9.29. The summed E-state index contributed by atoms with van der Waals surface area (Å²) in [7, 11) is 0. The molecule has 0 saturated carbocycles. The van der Waals surface area contributed by atoms with Gasteiger partial charge in [0.2, 0.25) is 0 Å². The molecule has 9 heteroatoms. The molecule has 7 heterocycles. The maximum atomic E-state index is 7.92. The molecule has 1 N–H and O–H groups in total. The highest BCUT2D eigenvalue weighted by molar-refractivity contribution is 7.04. The molecule has 0 spiro atoms. The fourth-order valence-corrected chi connectivity index (χ4v) is 21.3. The minimum absolute atomic E-state index is 0.129. The van der Waals surface area contributed by atoms with E-state index in [1.54, 1.807) is 0 Å². The minimum Gasteiger partial charge on any atom is -0.458 e. The van der Waals surface area contributed by atoms with Crippen molar-refractivity contribution in [2.45, 2.75) is 123 Å². The van der Waals surface area contributed by atoms with Gasteiger partial charge in [-0.15, -0.1) is 0 Å². The molecule has 105 heavy (non-hydrogen) atoms. The van der Waals surface area contributed by atoms with Gasteiger partial charge in [-0.25, -0.2) is 0 Å². The standard InChI is InChI=1S/C96H83B3N4O2/c1-49-29-54(6)87(55(7)30-49)64-39-76-90-80(40-64)101-77-27-20-18-23-67(77)96(16,17)68-24-22-26-70(95(68)101)98(90)71-45-74-84(47-75(71)100-76)105-86-44-66(89-58(10)33-51(3)34-59(89)11)42-82-92(86)99(74)73-46-72-78(48-79(73)103(82)94-62(14)37-53(5)38-63(94)15)102(93-60(12)35-52(4)36-61(93)13)81-41-65(88-56(8)31-50(2)32-57(88)9)43-85-91(81)97(72)69-25-19-21-28-83(69)104-85/h18-48,100H,1-17H3. The van der Waals surface area contributed by atoms with Gasteiger partial charge in [-0.2, -0.15) is 0 Å². The van der Waals surface area contributed by atoms with E-state index in [4.69, 9.17) is 9.47 Å². The first-order valence-electron chi connectivity index (χ1n) is 37.6. The summed E-state index contributed by atoms with van der Waals surface area (Å²) < 4.78 is 15.3. The van der Waals surface area contributed by atoms with Crippen LogP contribution in [0.5, 0.6) is 23.0 Å². The van der Waals surface area contributed by atoms with Gasteiger partial charge in [0.1, 0.15) is 23.0 Å². The lowest BCUT2D eigenvalue weighted by molar-refractivity contribution is 0.487. The van der Waals surface area contributed by atoms with Gasteiger partial charge in [-0.05, 0) is 308 Å². The van der Waals surface area contributed by atoms with E-state index in [1.807, 2.05) is 0 Å². The van der Waals surface area contributed by atoms with Crippen molar-refractivity contribution in [1.29, 1.82) is 0 Å². The monoisotopic (exact) mass is 1360 g/mol. The van der Waals surface area contributed by atoms with Crippen LogP contribution in [0.15, 0.2) is 188 Å². The molecule has 0 bridgehead atoms. The van der Waals surface area contributed by atoms with Crippen molar-refractivity contribution in [3.8, 4) is 56.4 Å². The van der Waals surface area contributed by atoms with Gasteiger partial charge in [0, 0.05) is 57.0 Å². The van der Waals surface area contributed by atoms with E-state index < -0.39 is 0 Å². The number of rotatable bonds is 5. The highest BCUT2D eigenvalue weighted by Gasteiger charge is 2.52. The van der Waals surface area contributed by atoms with E-state index in [1.165, 1.54) is 184 Å². The minimum atomic E-state index is -0.283. The van der Waals surface area contributed by atoms with Crippen LogP contribution in [0.2, 0.25) is 0 Å². The Morgan fingerprint density at radius 2 is 0.676 bits per heavy atom. The second-order valence-electron chi connectivity index (χ2n) is 32.6. The van der Waals surface area contributed by atoms with Crippen LogP contribution >= 0.6 is 0 Å². The molecule has 20 rings (SSSR count). The molecule has 0 aliphatic carbocycles. The van der Waals surface area contributed by atoms with E-state index in [-0.39, 0.29) is 25.6 Å². The van der Waals surface area contributed by atoms with E-state index in [0.717, 1.165) is 79.2 Å². The maximum Gasteiger partial charge on any atom is 0.256 e. The fourth-order valence-electron chi connectivity index (χ4n) is 21.3. The van der Waals surface area contributed by atoms with Crippen molar-refractivity contribution in [2.75, 3.05) is 20.0 Å². The lowest BCUT2D eigenvalue weighted by Crippen LogP contribution is -2.65. The zero-order chi connectivity index (χ0) is 72.1. The lowest BCUT2D eigenvalue weighted by Gasteiger charge is -2.48. The quantitative estimate of drug-likeness (QED) is 0.173. The molecule has 0 atom stereocenters. The SMILES string of the molecule is Cc1cc(C)c(-c2cc3c4c(c2)N2c5ccccc5C(C)(C)c5cccc(c52)B4c2cc4c(cc2N3)Oc2cc(-c3c(C)cc(C)cc3C)cc3c2B4c2cc4c(cc2N3c2c(C)cc(C)cc2C)N(c2c(C)cc(C)cc2C)c2cc(-c3c(C)cc(C)cc3C)cc3c2B4c2ccccc2O3)c(C)c1. The molecule has 0 aromatic heterocycles. The zero-order valence-corrected chi connectivity index (χ0v) is 63.3. The van der Waals surface area contributed by atoms with Crippen molar-refractivity contribution < 1.29 is 9.47 Å². The fraction of sp³-hybridized carbons (Fsp3) is 0.188. The molecule has 508 valence electrons. The van der Waals surface area contributed by atoms with Crippen LogP contribution in [0.25, 0.3) is 33.4 Å². The summed E-state index contributed by atoms with van der Waals surface area (Å²) in [5.41, 5.74) is 52.1.